The van der Waals surface area contributed by atoms with E-state index in [4.69, 9.17) is 0 Å². The molecule has 0 aliphatic rings. The van der Waals surface area contributed by atoms with Crippen LogP contribution in [0.15, 0.2) is 42.9 Å². The van der Waals surface area contributed by atoms with Gasteiger partial charge in [0.25, 0.3) is 0 Å². The Morgan fingerprint density at radius 2 is 1.60 bits per heavy atom. The summed E-state index contributed by atoms with van der Waals surface area (Å²) in [5.74, 6) is 0.155. The summed E-state index contributed by atoms with van der Waals surface area (Å²) in [4.78, 5) is 20.0. The number of hydrogen-bond acceptors (Lipinski definition) is 9. The number of rotatable bonds is 9. The van der Waals surface area contributed by atoms with Crippen LogP contribution in [0.25, 0.3) is 22.6 Å². The van der Waals surface area contributed by atoms with Gasteiger partial charge in [-0.15, -0.1) is 10.2 Å². The lowest BCUT2D eigenvalue weighted by molar-refractivity contribution is -0.138. The van der Waals surface area contributed by atoms with Crippen molar-refractivity contribution in [2.45, 2.75) is 26.2 Å². The Balaban J connectivity index is 1.64. The molecule has 0 amide bonds. The third-order valence-electron chi connectivity index (χ3n) is 6.17. The maximum absolute atomic E-state index is 14.1. The predicted octanol–water partition coefficient (Wildman–Crippen LogP) is 5.44. The first-order valence-corrected chi connectivity index (χ1v) is 12.2. The number of alkyl halides is 6. The minimum Gasteiger partial charge on any atom is -0.357 e. The number of likely N-dealkylation sites (N-methyl/N-ethyl adjacent to an activating group) is 2. The molecule has 0 atom stereocenters. The number of anilines is 3. The highest BCUT2D eigenvalue weighted by molar-refractivity contribution is 5.87. The molecule has 0 radical (unpaired) electrons. The maximum atomic E-state index is 14.1. The van der Waals surface area contributed by atoms with Gasteiger partial charge in [-0.05, 0) is 37.4 Å². The molecule has 0 aliphatic heterocycles. The SMILES string of the molecule is CCN(CC)CCN(C)c1cc(C(F)(F)F)c(-c2cnc3c(Nc4ccc(C(F)(F)F)cn4)ccnc3n2)nn1. The van der Waals surface area contributed by atoms with Crippen molar-refractivity contribution in [1.29, 1.82) is 0 Å². The minimum atomic E-state index is -4.75. The van der Waals surface area contributed by atoms with Gasteiger partial charge in [0.05, 0.1) is 23.0 Å². The van der Waals surface area contributed by atoms with E-state index in [0.29, 0.717) is 25.0 Å². The number of nitrogens with zero attached hydrogens (tertiary/aromatic N) is 8. The number of nitrogens with one attached hydrogen (secondary N) is 1. The fourth-order valence-electron chi connectivity index (χ4n) is 3.83. The van der Waals surface area contributed by atoms with Crippen molar-refractivity contribution in [2.24, 2.45) is 0 Å². The van der Waals surface area contributed by atoms with Crippen LogP contribution in [0.3, 0.4) is 0 Å². The van der Waals surface area contributed by atoms with Gasteiger partial charge in [-0.2, -0.15) is 26.3 Å². The number of hydrogen-bond donors (Lipinski definition) is 1. The highest BCUT2D eigenvalue weighted by Crippen LogP contribution is 2.37. The van der Waals surface area contributed by atoms with Crippen LogP contribution in [0.2, 0.25) is 0 Å². The second-order valence-electron chi connectivity index (χ2n) is 8.75. The number of fused-ring (bicyclic) bond motifs is 1. The van der Waals surface area contributed by atoms with Crippen LogP contribution in [-0.2, 0) is 12.4 Å². The first-order chi connectivity index (χ1) is 18.9. The zero-order chi connectivity index (χ0) is 29.1. The van der Waals surface area contributed by atoms with E-state index in [1.54, 1.807) is 11.9 Å². The molecule has 40 heavy (non-hydrogen) atoms. The van der Waals surface area contributed by atoms with Gasteiger partial charge in [0, 0.05) is 32.5 Å². The molecule has 4 aromatic heterocycles. The molecule has 4 aromatic rings. The van der Waals surface area contributed by atoms with Crippen LogP contribution in [-0.4, -0.2) is 68.3 Å². The van der Waals surface area contributed by atoms with E-state index in [2.05, 4.69) is 40.3 Å². The summed E-state index contributed by atoms with van der Waals surface area (Å²) >= 11 is 0. The van der Waals surface area contributed by atoms with Gasteiger partial charge in [-0.1, -0.05) is 13.8 Å². The van der Waals surface area contributed by atoms with Gasteiger partial charge in [0.1, 0.15) is 22.7 Å². The molecule has 0 bridgehead atoms. The molecule has 1 N–H and O–H groups in total. The third-order valence-corrected chi connectivity index (χ3v) is 6.17. The fraction of sp³-hybridized carbons (Fsp3) is 0.360. The van der Waals surface area contributed by atoms with Crippen molar-refractivity contribution in [2.75, 3.05) is 43.4 Å². The first kappa shape index (κ1) is 28.9. The van der Waals surface area contributed by atoms with E-state index >= 15 is 0 Å². The molecule has 0 fully saturated rings. The Labute approximate surface area is 225 Å². The molecule has 9 nitrogen and oxygen atoms in total. The standard InChI is InChI=1S/C25H25F6N9/c1-4-40(5-2)11-10-39(3)20-12-16(25(29,30)31)21(38-37-20)18-14-34-22-17(8-9-32-23(22)36-18)35-19-7-6-15(13-33-19)24(26,27)28/h6-9,12-14H,4-5,10-11H2,1-3H3,(H,32,33,35,36). The third kappa shape index (κ3) is 6.52. The summed E-state index contributed by atoms with van der Waals surface area (Å²) < 4.78 is 80.7. The lowest BCUT2D eigenvalue weighted by Crippen LogP contribution is -2.33. The Morgan fingerprint density at radius 1 is 0.850 bits per heavy atom. The quantitative estimate of drug-likeness (QED) is 0.266. The molecule has 4 rings (SSSR count). The van der Waals surface area contributed by atoms with Gasteiger partial charge in [-0.3, -0.25) is 0 Å². The second kappa shape index (κ2) is 11.5. The van der Waals surface area contributed by atoms with Gasteiger partial charge in [0.2, 0.25) is 0 Å². The van der Waals surface area contributed by atoms with E-state index in [9.17, 15) is 26.3 Å². The van der Waals surface area contributed by atoms with Crippen LogP contribution in [0, 0.1) is 0 Å². The van der Waals surface area contributed by atoms with Crippen LogP contribution in [0.1, 0.15) is 25.0 Å². The zero-order valence-electron chi connectivity index (χ0n) is 21.7. The number of aromatic nitrogens is 6. The highest BCUT2D eigenvalue weighted by atomic mass is 19.4. The van der Waals surface area contributed by atoms with Gasteiger partial charge < -0.3 is 15.1 Å². The summed E-state index contributed by atoms with van der Waals surface area (Å²) in [6.45, 7) is 6.74. The Hall–Kier alpha value is -4.14. The molecule has 0 unspecified atom stereocenters. The fourth-order valence-corrected chi connectivity index (χ4v) is 3.83. The zero-order valence-corrected chi connectivity index (χ0v) is 21.7. The number of pyridine rings is 2. The topological polar surface area (TPSA) is 95.8 Å². The Bertz CT molecular complexity index is 1450. The van der Waals surface area contributed by atoms with Crippen LogP contribution < -0.4 is 10.2 Å². The van der Waals surface area contributed by atoms with Crippen molar-refractivity contribution >= 4 is 28.5 Å². The molecular formula is C25H25F6N9. The molecule has 0 aliphatic carbocycles. The molecule has 0 aromatic carbocycles. The van der Waals surface area contributed by atoms with E-state index < -0.39 is 29.2 Å². The van der Waals surface area contributed by atoms with Gasteiger partial charge >= 0.3 is 12.4 Å². The lowest BCUT2D eigenvalue weighted by Gasteiger charge is -2.24. The molecule has 4 heterocycles. The predicted molar refractivity (Wildman–Crippen MR) is 137 cm³/mol. The highest BCUT2D eigenvalue weighted by Gasteiger charge is 2.36. The van der Waals surface area contributed by atoms with E-state index in [1.165, 1.54) is 12.3 Å². The summed E-state index contributed by atoms with van der Waals surface area (Å²) in [6, 6.07) is 4.42. The van der Waals surface area contributed by atoms with Gasteiger partial charge in [-0.25, -0.2) is 19.9 Å². The summed E-state index contributed by atoms with van der Waals surface area (Å²) in [5, 5.41) is 10.7. The van der Waals surface area contributed by atoms with E-state index in [1.807, 2.05) is 13.8 Å². The molecule has 15 heteroatoms. The van der Waals surface area contributed by atoms with Crippen LogP contribution >= 0.6 is 0 Å². The van der Waals surface area contributed by atoms with Crippen molar-refractivity contribution in [3.05, 3.63) is 54.0 Å². The summed E-state index contributed by atoms with van der Waals surface area (Å²) in [6.07, 6.45) is -6.16. The van der Waals surface area contributed by atoms with E-state index in [-0.39, 0.29) is 28.5 Å². The Kier molecular flexibility index (Phi) is 8.32. The summed E-state index contributed by atoms with van der Waals surface area (Å²) in [7, 11) is 1.65. The molecule has 0 saturated carbocycles. The molecule has 0 spiro atoms. The monoisotopic (exact) mass is 565 g/mol. The smallest absolute Gasteiger partial charge is 0.357 e. The maximum Gasteiger partial charge on any atom is 0.418 e. The first-order valence-electron chi connectivity index (χ1n) is 12.2. The summed E-state index contributed by atoms with van der Waals surface area (Å²) in [5.41, 5.74) is -2.18. The molecule has 0 saturated heterocycles. The second-order valence-corrected chi connectivity index (χ2v) is 8.75. The lowest BCUT2D eigenvalue weighted by atomic mass is 10.1. The van der Waals surface area contributed by atoms with Crippen LogP contribution in [0.4, 0.5) is 43.7 Å². The average molecular weight is 566 g/mol. The van der Waals surface area contributed by atoms with Crippen molar-refractivity contribution in [3.63, 3.8) is 0 Å². The normalized spacial score (nSPS) is 12.2. The minimum absolute atomic E-state index is 0.00949. The molecular weight excluding hydrogens is 540 g/mol. The van der Waals surface area contributed by atoms with Crippen LogP contribution in [0.5, 0.6) is 0 Å². The average Bonchev–Trinajstić information content (AvgIpc) is 2.92. The van der Waals surface area contributed by atoms with Crippen molar-refractivity contribution in [1.82, 2.24) is 35.0 Å². The number of halogens is 6. The van der Waals surface area contributed by atoms with E-state index in [0.717, 1.165) is 37.5 Å². The largest absolute Gasteiger partial charge is 0.418 e. The Morgan fingerprint density at radius 3 is 2.23 bits per heavy atom. The van der Waals surface area contributed by atoms with Gasteiger partial charge in [0.15, 0.2) is 11.5 Å². The van der Waals surface area contributed by atoms with Crippen molar-refractivity contribution < 1.29 is 26.3 Å². The molecule has 212 valence electrons. The van der Waals surface area contributed by atoms with Crippen molar-refractivity contribution in [3.8, 4) is 11.4 Å².